The molecule has 0 fully saturated rings. The van der Waals surface area contributed by atoms with Gasteiger partial charge in [0, 0.05) is 12.7 Å². The van der Waals surface area contributed by atoms with Gasteiger partial charge in [-0.3, -0.25) is 9.59 Å². The van der Waals surface area contributed by atoms with Crippen molar-refractivity contribution in [3.8, 4) is 5.75 Å². The van der Waals surface area contributed by atoms with Gasteiger partial charge in [0.15, 0.2) is 6.61 Å². The molecule has 0 aromatic heterocycles. The van der Waals surface area contributed by atoms with Gasteiger partial charge >= 0.3 is 0 Å². The first kappa shape index (κ1) is 20.4. The standard InChI is InChI=1S/C21H25FN2O3/c1-14(2)19-9-8-18(10-15(19)3)27-13-21(26)24(4)12-20(25)23-17-7-5-6-16(22)11-17/h5-11,14H,12-13H2,1-4H3,(H,23,25). The average molecular weight is 372 g/mol. The van der Waals surface area contributed by atoms with E-state index in [-0.39, 0.29) is 19.1 Å². The number of aryl methyl sites for hydroxylation is 1. The molecule has 2 amide bonds. The number of hydrogen-bond donors (Lipinski definition) is 1. The number of nitrogens with one attached hydrogen (secondary N) is 1. The number of amides is 2. The molecule has 5 nitrogen and oxygen atoms in total. The summed E-state index contributed by atoms with van der Waals surface area (Å²) < 4.78 is 18.7. The van der Waals surface area contributed by atoms with Gasteiger partial charge in [-0.2, -0.15) is 0 Å². The third-order valence-electron chi connectivity index (χ3n) is 4.14. The monoisotopic (exact) mass is 372 g/mol. The predicted molar refractivity (Wildman–Crippen MR) is 103 cm³/mol. The van der Waals surface area contributed by atoms with Crippen LogP contribution in [0.4, 0.5) is 10.1 Å². The van der Waals surface area contributed by atoms with Gasteiger partial charge in [-0.25, -0.2) is 4.39 Å². The van der Waals surface area contributed by atoms with E-state index in [2.05, 4.69) is 19.2 Å². The number of carbonyl (C=O) groups is 2. The lowest BCUT2D eigenvalue weighted by Crippen LogP contribution is -2.37. The highest BCUT2D eigenvalue weighted by molar-refractivity contribution is 5.94. The van der Waals surface area contributed by atoms with Gasteiger partial charge < -0.3 is 15.0 Å². The molecular formula is C21H25FN2O3. The van der Waals surface area contributed by atoms with Crippen LogP contribution in [0, 0.1) is 12.7 Å². The van der Waals surface area contributed by atoms with Crippen LogP contribution in [0.1, 0.15) is 30.9 Å². The number of hydrogen-bond acceptors (Lipinski definition) is 3. The summed E-state index contributed by atoms with van der Waals surface area (Å²) in [6.45, 7) is 5.94. The highest BCUT2D eigenvalue weighted by Gasteiger charge is 2.14. The largest absolute Gasteiger partial charge is 0.484 e. The lowest BCUT2D eigenvalue weighted by atomic mass is 9.98. The zero-order valence-electron chi connectivity index (χ0n) is 16.1. The minimum atomic E-state index is -0.440. The van der Waals surface area contributed by atoms with Crippen molar-refractivity contribution in [1.82, 2.24) is 4.90 Å². The molecular weight excluding hydrogens is 347 g/mol. The van der Waals surface area contributed by atoms with Crippen LogP contribution in [0.25, 0.3) is 0 Å². The van der Waals surface area contributed by atoms with Crippen LogP contribution in [0.3, 0.4) is 0 Å². The molecule has 2 rings (SSSR count). The van der Waals surface area contributed by atoms with Gasteiger partial charge in [0.25, 0.3) is 5.91 Å². The van der Waals surface area contributed by atoms with Crippen molar-refractivity contribution in [1.29, 1.82) is 0 Å². The summed E-state index contributed by atoms with van der Waals surface area (Å²) in [6.07, 6.45) is 0. The highest BCUT2D eigenvalue weighted by atomic mass is 19.1. The lowest BCUT2D eigenvalue weighted by molar-refractivity contribution is -0.135. The van der Waals surface area contributed by atoms with E-state index in [9.17, 15) is 14.0 Å². The van der Waals surface area contributed by atoms with Crippen molar-refractivity contribution >= 4 is 17.5 Å². The molecule has 27 heavy (non-hydrogen) atoms. The normalized spacial score (nSPS) is 10.6. The van der Waals surface area contributed by atoms with E-state index >= 15 is 0 Å². The average Bonchev–Trinajstić information content (AvgIpc) is 2.59. The minimum Gasteiger partial charge on any atom is -0.484 e. The Morgan fingerprint density at radius 1 is 1.19 bits per heavy atom. The van der Waals surface area contributed by atoms with E-state index in [0.29, 0.717) is 17.4 Å². The molecule has 0 unspecified atom stereocenters. The van der Waals surface area contributed by atoms with E-state index in [1.807, 2.05) is 25.1 Å². The van der Waals surface area contributed by atoms with Crippen molar-refractivity contribution in [3.63, 3.8) is 0 Å². The molecule has 0 heterocycles. The summed E-state index contributed by atoms with van der Waals surface area (Å²) in [5, 5.41) is 2.55. The first-order valence-electron chi connectivity index (χ1n) is 8.79. The van der Waals surface area contributed by atoms with Gasteiger partial charge in [-0.15, -0.1) is 0 Å². The Morgan fingerprint density at radius 2 is 1.93 bits per heavy atom. The zero-order valence-corrected chi connectivity index (χ0v) is 16.1. The van der Waals surface area contributed by atoms with E-state index in [4.69, 9.17) is 4.74 Å². The van der Waals surface area contributed by atoms with E-state index < -0.39 is 11.7 Å². The summed E-state index contributed by atoms with van der Waals surface area (Å²) in [6, 6.07) is 11.3. The van der Waals surface area contributed by atoms with Gasteiger partial charge in [-0.1, -0.05) is 26.0 Å². The summed E-state index contributed by atoms with van der Waals surface area (Å²) in [4.78, 5) is 25.4. The molecule has 0 saturated carbocycles. The molecule has 2 aromatic rings. The maximum absolute atomic E-state index is 13.1. The SMILES string of the molecule is Cc1cc(OCC(=O)N(C)CC(=O)Nc2cccc(F)c2)ccc1C(C)C. The number of rotatable bonds is 7. The minimum absolute atomic E-state index is 0.149. The van der Waals surface area contributed by atoms with Crippen LogP contribution >= 0.6 is 0 Å². The molecule has 0 aliphatic heterocycles. The Labute approximate surface area is 159 Å². The van der Waals surface area contributed by atoms with Crippen LogP contribution in [0.2, 0.25) is 0 Å². The number of anilines is 1. The van der Waals surface area contributed by atoms with Crippen molar-refractivity contribution in [2.24, 2.45) is 0 Å². The molecule has 0 atom stereocenters. The Morgan fingerprint density at radius 3 is 2.56 bits per heavy atom. The van der Waals surface area contributed by atoms with Crippen LogP contribution in [0.15, 0.2) is 42.5 Å². The van der Waals surface area contributed by atoms with Crippen LogP contribution in [-0.2, 0) is 9.59 Å². The molecule has 0 saturated heterocycles. The Balaban J connectivity index is 1.84. The summed E-state index contributed by atoms with van der Waals surface area (Å²) in [7, 11) is 1.52. The van der Waals surface area contributed by atoms with E-state index in [1.54, 1.807) is 6.07 Å². The Kier molecular flexibility index (Phi) is 6.93. The number of nitrogens with zero attached hydrogens (tertiary/aromatic N) is 1. The molecule has 144 valence electrons. The predicted octanol–water partition coefficient (Wildman–Crippen LogP) is 3.73. The van der Waals surface area contributed by atoms with Gasteiger partial charge in [-0.05, 0) is 54.3 Å². The number of likely N-dealkylation sites (N-methyl/N-ethyl adjacent to an activating group) is 1. The summed E-state index contributed by atoms with van der Waals surface area (Å²) >= 11 is 0. The number of benzene rings is 2. The highest BCUT2D eigenvalue weighted by Crippen LogP contribution is 2.23. The maximum Gasteiger partial charge on any atom is 0.260 e. The molecule has 0 aliphatic carbocycles. The third kappa shape index (κ3) is 6.09. The molecule has 2 aromatic carbocycles. The molecule has 6 heteroatoms. The van der Waals surface area contributed by atoms with E-state index in [1.165, 1.54) is 35.7 Å². The first-order valence-corrected chi connectivity index (χ1v) is 8.79. The van der Waals surface area contributed by atoms with E-state index in [0.717, 1.165) is 5.56 Å². The van der Waals surface area contributed by atoms with Gasteiger partial charge in [0.1, 0.15) is 11.6 Å². The smallest absolute Gasteiger partial charge is 0.260 e. The fraction of sp³-hybridized carbons (Fsp3) is 0.333. The third-order valence-corrected chi connectivity index (χ3v) is 4.14. The van der Waals surface area contributed by atoms with Crippen LogP contribution in [-0.4, -0.2) is 36.9 Å². The molecule has 0 aliphatic rings. The zero-order chi connectivity index (χ0) is 20.0. The fourth-order valence-corrected chi connectivity index (χ4v) is 2.71. The fourth-order valence-electron chi connectivity index (χ4n) is 2.71. The van der Waals surface area contributed by atoms with Crippen molar-refractivity contribution in [2.45, 2.75) is 26.7 Å². The van der Waals surface area contributed by atoms with Crippen LogP contribution < -0.4 is 10.1 Å². The number of ether oxygens (including phenoxy) is 1. The van der Waals surface area contributed by atoms with Gasteiger partial charge in [0.2, 0.25) is 5.91 Å². The van der Waals surface area contributed by atoms with Crippen molar-refractivity contribution < 1.29 is 18.7 Å². The number of carbonyl (C=O) groups excluding carboxylic acids is 2. The summed E-state index contributed by atoms with van der Waals surface area (Å²) in [5.74, 6) is -0.140. The van der Waals surface area contributed by atoms with Gasteiger partial charge in [0.05, 0.1) is 6.54 Å². The maximum atomic E-state index is 13.1. The topological polar surface area (TPSA) is 58.6 Å². The second-order valence-electron chi connectivity index (χ2n) is 6.77. The van der Waals surface area contributed by atoms with Crippen LogP contribution in [0.5, 0.6) is 5.75 Å². The first-order chi connectivity index (χ1) is 12.8. The lowest BCUT2D eigenvalue weighted by Gasteiger charge is -2.18. The second-order valence-corrected chi connectivity index (χ2v) is 6.77. The Hall–Kier alpha value is -2.89. The quantitative estimate of drug-likeness (QED) is 0.806. The molecule has 1 N–H and O–H groups in total. The molecule has 0 spiro atoms. The van der Waals surface area contributed by atoms with Crippen molar-refractivity contribution in [2.75, 3.05) is 25.5 Å². The molecule has 0 bridgehead atoms. The second kappa shape index (κ2) is 9.16. The van der Waals surface area contributed by atoms with Crippen molar-refractivity contribution in [3.05, 3.63) is 59.4 Å². The Bertz CT molecular complexity index is 821. The molecule has 0 radical (unpaired) electrons. The summed E-state index contributed by atoms with van der Waals surface area (Å²) in [5.41, 5.74) is 2.69. The number of halogens is 1.